The number of phenols is 1. The fraction of sp³-hybridized carbons (Fsp3) is 0.300. The molecule has 4 heteroatoms. The van der Waals surface area contributed by atoms with Crippen LogP contribution in [0.15, 0.2) is 59.6 Å². The average molecular weight is 328 g/mol. The van der Waals surface area contributed by atoms with E-state index in [0.717, 1.165) is 11.3 Å². The number of hydrogen-bond acceptors (Lipinski definition) is 4. The molecule has 0 radical (unpaired) electrons. The molecule has 0 aliphatic heterocycles. The summed E-state index contributed by atoms with van der Waals surface area (Å²) in [5, 5.41) is 19.7. The first-order valence-corrected chi connectivity index (χ1v) is 7.90. The van der Waals surface area contributed by atoms with Crippen LogP contribution >= 0.6 is 0 Å². The lowest BCUT2D eigenvalue weighted by molar-refractivity contribution is 0.225. The van der Waals surface area contributed by atoms with E-state index in [2.05, 4.69) is 0 Å². The van der Waals surface area contributed by atoms with Crippen LogP contribution in [-0.2, 0) is 4.74 Å². The molecular weight excluding hydrogens is 304 g/mol. The van der Waals surface area contributed by atoms with E-state index in [1.807, 2.05) is 38.1 Å². The number of phenolic OH excluding ortho intramolecular Hbond substituents is 1. The number of ether oxygens (including phenoxy) is 2. The Morgan fingerprint density at radius 3 is 2.75 bits per heavy atom. The van der Waals surface area contributed by atoms with E-state index in [4.69, 9.17) is 9.47 Å². The molecule has 128 valence electrons. The molecule has 0 heterocycles. The van der Waals surface area contributed by atoms with E-state index in [9.17, 15) is 10.2 Å². The Morgan fingerprint density at radius 2 is 2.08 bits per heavy atom. The van der Waals surface area contributed by atoms with Gasteiger partial charge in [-0.25, -0.2) is 0 Å². The van der Waals surface area contributed by atoms with Crippen molar-refractivity contribution < 1.29 is 19.7 Å². The van der Waals surface area contributed by atoms with E-state index in [1.54, 1.807) is 24.3 Å². The lowest BCUT2D eigenvalue weighted by Gasteiger charge is -2.17. The number of methoxy groups -OCH3 is 1. The van der Waals surface area contributed by atoms with Crippen LogP contribution in [0.1, 0.15) is 25.8 Å². The van der Waals surface area contributed by atoms with Crippen molar-refractivity contribution in [2.45, 2.75) is 20.3 Å². The van der Waals surface area contributed by atoms with Crippen molar-refractivity contribution in [2.75, 3.05) is 13.7 Å². The second kappa shape index (κ2) is 8.29. The summed E-state index contributed by atoms with van der Waals surface area (Å²) in [7, 11) is 1.52. The van der Waals surface area contributed by atoms with Gasteiger partial charge in [-0.1, -0.05) is 23.8 Å². The monoisotopic (exact) mass is 328 g/mol. The van der Waals surface area contributed by atoms with Crippen molar-refractivity contribution in [3.8, 4) is 11.5 Å². The van der Waals surface area contributed by atoms with Gasteiger partial charge in [-0.15, -0.1) is 0 Å². The third-order valence-corrected chi connectivity index (χ3v) is 3.63. The van der Waals surface area contributed by atoms with Gasteiger partial charge in [0, 0.05) is 18.4 Å². The molecule has 2 rings (SSSR count). The zero-order valence-electron chi connectivity index (χ0n) is 14.3. The summed E-state index contributed by atoms with van der Waals surface area (Å²) in [6.45, 7) is 4.54. The first kappa shape index (κ1) is 17.7. The number of benzene rings is 1. The van der Waals surface area contributed by atoms with Crippen molar-refractivity contribution in [3.05, 3.63) is 65.2 Å². The van der Waals surface area contributed by atoms with Crippen molar-refractivity contribution in [3.63, 3.8) is 0 Å². The topological polar surface area (TPSA) is 58.9 Å². The highest BCUT2D eigenvalue weighted by Crippen LogP contribution is 2.28. The third kappa shape index (κ3) is 5.23. The number of aromatic hydroxyl groups is 1. The molecule has 4 nitrogen and oxygen atoms in total. The molecule has 0 bridgehead atoms. The first-order chi connectivity index (χ1) is 11.5. The van der Waals surface area contributed by atoms with Gasteiger partial charge in [0.1, 0.15) is 18.1 Å². The Balaban J connectivity index is 2.01. The molecule has 1 aliphatic rings. The van der Waals surface area contributed by atoms with Gasteiger partial charge in [-0.05, 0) is 43.7 Å². The largest absolute Gasteiger partial charge is 0.508 e. The summed E-state index contributed by atoms with van der Waals surface area (Å²) in [5.41, 5.74) is 2.06. The molecule has 2 N–H and O–H groups in total. The molecule has 1 unspecified atom stereocenters. The Hall–Kier alpha value is -2.62. The van der Waals surface area contributed by atoms with Crippen LogP contribution in [-0.4, -0.2) is 23.9 Å². The highest BCUT2D eigenvalue weighted by atomic mass is 16.5. The van der Waals surface area contributed by atoms with Crippen molar-refractivity contribution in [2.24, 2.45) is 5.92 Å². The molecule has 0 aromatic heterocycles. The predicted octanol–water partition coefficient (Wildman–Crippen LogP) is 4.74. The van der Waals surface area contributed by atoms with Gasteiger partial charge < -0.3 is 19.7 Å². The molecule has 0 fully saturated rings. The highest BCUT2D eigenvalue weighted by Gasteiger charge is 2.14. The van der Waals surface area contributed by atoms with Gasteiger partial charge in [-0.2, -0.15) is 0 Å². The lowest BCUT2D eigenvalue weighted by Crippen LogP contribution is -2.05. The van der Waals surface area contributed by atoms with E-state index in [1.165, 1.54) is 12.7 Å². The third-order valence-electron chi connectivity index (χ3n) is 3.63. The zero-order valence-corrected chi connectivity index (χ0v) is 14.3. The van der Waals surface area contributed by atoms with Crippen LogP contribution in [0.2, 0.25) is 0 Å². The van der Waals surface area contributed by atoms with Gasteiger partial charge in [0.15, 0.2) is 11.5 Å². The highest BCUT2D eigenvalue weighted by molar-refractivity contribution is 5.56. The van der Waals surface area contributed by atoms with Gasteiger partial charge in [-0.3, -0.25) is 0 Å². The second-order valence-corrected chi connectivity index (χ2v) is 5.95. The van der Waals surface area contributed by atoms with Crippen molar-refractivity contribution >= 4 is 6.08 Å². The fourth-order valence-corrected chi connectivity index (χ4v) is 2.37. The average Bonchev–Trinajstić information content (AvgIpc) is 2.52. The molecular formula is C20H24O4. The minimum atomic E-state index is 0.0425. The minimum absolute atomic E-state index is 0.0425. The normalized spacial score (nSPS) is 17.2. The van der Waals surface area contributed by atoms with Gasteiger partial charge in [0.2, 0.25) is 0 Å². The van der Waals surface area contributed by atoms with Crippen LogP contribution in [0, 0.1) is 5.92 Å². The molecule has 0 spiro atoms. The molecule has 1 atom stereocenters. The Kier molecular flexibility index (Phi) is 6.13. The van der Waals surface area contributed by atoms with E-state index >= 15 is 0 Å². The number of hydrogen-bond donors (Lipinski definition) is 2. The second-order valence-electron chi connectivity index (χ2n) is 5.95. The summed E-state index contributed by atoms with van der Waals surface area (Å²) in [4.78, 5) is 0. The Labute approximate surface area is 143 Å². The lowest BCUT2D eigenvalue weighted by atomic mass is 9.97. The summed E-state index contributed by atoms with van der Waals surface area (Å²) in [5.74, 6) is 1.56. The maximum absolute atomic E-state index is 9.87. The molecule has 1 aliphatic carbocycles. The maximum Gasteiger partial charge on any atom is 0.160 e. The van der Waals surface area contributed by atoms with Gasteiger partial charge in [0.25, 0.3) is 0 Å². The molecule has 0 saturated carbocycles. The van der Waals surface area contributed by atoms with Crippen molar-refractivity contribution in [1.82, 2.24) is 0 Å². The summed E-state index contributed by atoms with van der Waals surface area (Å²) in [6, 6.07) is 5.23. The number of rotatable bonds is 6. The summed E-state index contributed by atoms with van der Waals surface area (Å²) >= 11 is 0. The SMILES string of the molecule is COc1ccc(C=CC2C=C(O)C=C(OCC=C(C)C)C2)cc1O. The van der Waals surface area contributed by atoms with Gasteiger partial charge >= 0.3 is 0 Å². The predicted molar refractivity (Wildman–Crippen MR) is 96.0 cm³/mol. The van der Waals surface area contributed by atoms with Gasteiger partial charge in [0.05, 0.1) is 7.11 Å². The van der Waals surface area contributed by atoms with Crippen LogP contribution in [0.25, 0.3) is 6.08 Å². The fourth-order valence-electron chi connectivity index (χ4n) is 2.37. The number of allylic oxidation sites excluding steroid dienone is 5. The quantitative estimate of drug-likeness (QED) is 0.740. The van der Waals surface area contributed by atoms with Crippen molar-refractivity contribution in [1.29, 1.82) is 0 Å². The summed E-state index contributed by atoms with van der Waals surface area (Å²) in [6.07, 6.45) is 10.0. The molecule has 24 heavy (non-hydrogen) atoms. The summed E-state index contributed by atoms with van der Waals surface area (Å²) < 4.78 is 10.7. The number of aliphatic hydroxyl groups excluding tert-OH is 1. The van der Waals surface area contributed by atoms with E-state index < -0.39 is 0 Å². The zero-order chi connectivity index (χ0) is 17.5. The van der Waals surface area contributed by atoms with Crippen LogP contribution in [0.5, 0.6) is 11.5 Å². The van der Waals surface area contributed by atoms with Crippen LogP contribution in [0.4, 0.5) is 0 Å². The van der Waals surface area contributed by atoms with Crippen LogP contribution < -0.4 is 4.74 Å². The Morgan fingerprint density at radius 1 is 1.29 bits per heavy atom. The molecule has 0 saturated heterocycles. The van der Waals surface area contributed by atoms with Crippen LogP contribution in [0.3, 0.4) is 0 Å². The molecule has 0 amide bonds. The molecule has 1 aromatic rings. The van der Waals surface area contributed by atoms with E-state index in [-0.39, 0.29) is 17.4 Å². The Bertz CT molecular complexity index is 692. The number of aliphatic hydroxyl groups is 1. The first-order valence-electron chi connectivity index (χ1n) is 7.90. The smallest absolute Gasteiger partial charge is 0.160 e. The molecule has 1 aromatic carbocycles. The minimum Gasteiger partial charge on any atom is -0.508 e. The maximum atomic E-state index is 9.87. The van der Waals surface area contributed by atoms with E-state index in [0.29, 0.717) is 18.8 Å². The standard InChI is InChI=1S/C20H24O4/c1-14(2)8-9-24-18-11-16(10-17(21)13-18)5-4-15-6-7-20(23-3)19(22)12-15/h4-8,10,12-13,16,21-22H,9,11H2,1-3H3.